The molecule has 1 atom stereocenters. The second kappa shape index (κ2) is 7.66. The van der Waals surface area contributed by atoms with E-state index in [0.717, 1.165) is 41.9 Å². The molecule has 2 aliphatic rings. The number of imide groups is 1. The number of benzene rings is 1. The zero-order chi connectivity index (χ0) is 18.7. The van der Waals surface area contributed by atoms with Crippen LogP contribution >= 0.6 is 0 Å². The van der Waals surface area contributed by atoms with Crippen molar-refractivity contribution in [3.8, 4) is 11.5 Å². The maximum atomic E-state index is 12.8. The molecule has 2 amide bonds. The summed E-state index contributed by atoms with van der Waals surface area (Å²) in [7, 11) is 3.63. The molecule has 1 aliphatic carbocycles. The highest BCUT2D eigenvalue weighted by Crippen LogP contribution is 2.46. The third-order valence-corrected chi connectivity index (χ3v) is 5.51. The van der Waals surface area contributed by atoms with E-state index in [4.69, 9.17) is 9.47 Å². The van der Waals surface area contributed by atoms with Crippen LogP contribution in [0.3, 0.4) is 0 Å². The summed E-state index contributed by atoms with van der Waals surface area (Å²) in [6.07, 6.45) is 4.24. The van der Waals surface area contributed by atoms with E-state index in [2.05, 4.69) is 0 Å². The predicted molar refractivity (Wildman–Crippen MR) is 97.0 cm³/mol. The van der Waals surface area contributed by atoms with Crippen LogP contribution in [0.1, 0.15) is 44.6 Å². The molecule has 142 valence electrons. The van der Waals surface area contributed by atoms with Crippen LogP contribution < -0.4 is 14.4 Å². The second-order valence-corrected chi connectivity index (χ2v) is 7.50. The van der Waals surface area contributed by atoms with Crippen LogP contribution in [0.2, 0.25) is 0 Å². The number of ether oxygens (including phenoxy) is 2. The Morgan fingerprint density at radius 1 is 1.19 bits per heavy atom. The zero-order valence-electron chi connectivity index (χ0n) is 16.0. The van der Waals surface area contributed by atoms with Gasteiger partial charge in [0, 0.05) is 12.0 Å². The van der Waals surface area contributed by atoms with Crippen LogP contribution in [0.5, 0.6) is 11.5 Å². The molecule has 26 heavy (non-hydrogen) atoms. The summed E-state index contributed by atoms with van der Waals surface area (Å²) < 4.78 is 10.9. The van der Waals surface area contributed by atoms with Crippen molar-refractivity contribution in [3.05, 3.63) is 23.8 Å². The Kier molecular flexibility index (Phi) is 5.51. The minimum absolute atomic E-state index is 0.0134. The van der Waals surface area contributed by atoms with Gasteiger partial charge in [-0.1, -0.05) is 12.8 Å². The monoisotopic (exact) mass is 361 g/mol. The van der Waals surface area contributed by atoms with Crippen LogP contribution in [0, 0.1) is 5.41 Å². The van der Waals surface area contributed by atoms with Crippen molar-refractivity contribution >= 4 is 11.8 Å². The topological polar surface area (TPSA) is 60.3 Å². The van der Waals surface area contributed by atoms with Gasteiger partial charge < -0.3 is 14.4 Å². The fourth-order valence-electron chi connectivity index (χ4n) is 4.23. The largest absolute Gasteiger partial charge is 0.493 e. The van der Waals surface area contributed by atoms with Gasteiger partial charge in [-0.15, -0.1) is 0 Å². The number of carbonyl (C=O) groups is 2. The van der Waals surface area contributed by atoms with E-state index < -0.39 is 0 Å². The lowest BCUT2D eigenvalue weighted by molar-refractivity contribution is -0.901. The molecule has 1 heterocycles. The maximum Gasteiger partial charge on any atom is 0.240 e. The Labute approximate surface area is 155 Å². The average molecular weight is 361 g/mol. The molecule has 1 saturated heterocycles. The average Bonchev–Trinajstić information content (AvgIpc) is 3.17. The molecular weight excluding hydrogens is 332 g/mol. The molecular formula is C20H29N2O4+. The Bertz CT molecular complexity index is 682. The molecule has 3 rings (SSSR count). The smallest absolute Gasteiger partial charge is 0.240 e. The number of hydrogen-bond donors (Lipinski definition) is 1. The van der Waals surface area contributed by atoms with Crippen molar-refractivity contribution in [1.29, 1.82) is 0 Å². The highest BCUT2D eigenvalue weighted by molar-refractivity contribution is 6.05. The van der Waals surface area contributed by atoms with Gasteiger partial charge in [0.15, 0.2) is 18.2 Å². The quantitative estimate of drug-likeness (QED) is 0.746. The lowest BCUT2D eigenvalue weighted by Crippen LogP contribution is -3.09. The van der Waals surface area contributed by atoms with Gasteiger partial charge in [-0.2, -0.15) is 0 Å². The number of methoxy groups -OCH3 is 1. The Hall–Kier alpha value is -2.08. The number of quaternary nitrogens is 1. The van der Waals surface area contributed by atoms with Gasteiger partial charge in [0.25, 0.3) is 0 Å². The summed E-state index contributed by atoms with van der Waals surface area (Å²) in [5.41, 5.74) is 0.692. The zero-order valence-corrected chi connectivity index (χ0v) is 16.0. The van der Waals surface area contributed by atoms with Gasteiger partial charge in [-0.05, 0) is 38.0 Å². The molecule has 1 N–H and O–H groups in total. The minimum atomic E-state index is -0.389. The van der Waals surface area contributed by atoms with E-state index in [-0.39, 0.29) is 17.2 Å². The third kappa shape index (κ3) is 3.56. The van der Waals surface area contributed by atoms with E-state index in [0.29, 0.717) is 32.0 Å². The van der Waals surface area contributed by atoms with Gasteiger partial charge in [-0.25, -0.2) is 4.90 Å². The lowest BCUT2D eigenvalue weighted by Gasteiger charge is -2.23. The van der Waals surface area contributed by atoms with Crippen LogP contribution in [0.15, 0.2) is 18.2 Å². The predicted octanol–water partition coefficient (Wildman–Crippen LogP) is 1.39. The van der Waals surface area contributed by atoms with E-state index in [1.807, 2.05) is 32.2 Å². The van der Waals surface area contributed by atoms with Crippen molar-refractivity contribution in [3.63, 3.8) is 0 Å². The van der Waals surface area contributed by atoms with Gasteiger partial charge in [-0.3, -0.25) is 9.59 Å². The van der Waals surface area contributed by atoms with Gasteiger partial charge >= 0.3 is 0 Å². The first kappa shape index (κ1) is 18.7. The first-order valence-electron chi connectivity index (χ1n) is 9.45. The van der Waals surface area contributed by atoms with Gasteiger partial charge in [0.1, 0.15) is 6.54 Å². The number of nitrogens with zero attached hydrogens (tertiary/aromatic N) is 1. The molecule has 0 aromatic heterocycles. The minimum Gasteiger partial charge on any atom is -0.493 e. The first-order chi connectivity index (χ1) is 12.5. The van der Waals surface area contributed by atoms with E-state index in [1.54, 1.807) is 7.11 Å². The van der Waals surface area contributed by atoms with Gasteiger partial charge in [0.2, 0.25) is 11.8 Å². The molecule has 1 spiro atoms. The van der Waals surface area contributed by atoms with Crippen molar-refractivity contribution in [2.24, 2.45) is 5.41 Å². The molecule has 1 aromatic carbocycles. The fraction of sp³-hybridized carbons (Fsp3) is 0.600. The third-order valence-electron chi connectivity index (χ3n) is 5.51. The van der Waals surface area contributed by atoms with Crippen LogP contribution in [0.25, 0.3) is 0 Å². The molecule has 6 heteroatoms. The van der Waals surface area contributed by atoms with E-state index in [1.165, 1.54) is 4.90 Å². The number of hydrogen-bond acceptors (Lipinski definition) is 4. The summed E-state index contributed by atoms with van der Waals surface area (Å²) in [5, 5.41) is 0. The van der Waals surface area contributed by atoms with Crippen molar-refractivity contribution in [1.82, 2.24) is 4.90 Å². The molecule has 0 bridgehead atoms. The number of nitrogens with one attached hydrogen (secondary N) is 1. The Morgan fingerprint density at radius 3 is 2.58 bits per heavy atom. The highest BCUT2D eigenvalue weighted by atomic mass is 16.5. The molecule has 6 nitrogen and oxygen atoms in total. The summed E-state index contributed by atoms with van der Waals surface area (Å²) in [6.45, 7) is 3.63. The first-order valence-corrected chi connectivity index (χ1v) is 9.45. The standard InChI is InChI=1S/C20H28N2O4/c1-4-26-16-8-7-15(11-17(16)25-3)13-21(2)14-22-18(23)12-20(19(22)24)9-5-6-10-20/h7-8,11H,4-6,9-10,12-14H2,1-3H3/p+1. The van der Waals surface area contributed by atoms with Crippen LogP contribution in [0.4, 0.5) is 0 Å². The van der Waals surface area contributed by atoms with Crippen molar-refractivity contribution in [2.75, 3.05) is 27.4 Å². The molecule has 0 radical (unpaired) electrons. The van der Waals surface area contributed by atoms with E-state index in [9.17, 15) is 9.59 Å². The fourth-order valence-corrected chi connectivity index (χ4v) is 4.23. The molecule has 1 aliphatic heterocycles. The molecule has 1 unspecified atom stereocenters. The summed E-state index contributed by atoms with van der Waals surface area (Å²) in [4.78, 5) is 27.8. The Morgan fingerprint density at radius 2 is 1.92 bits per heavy atom. The highest BCUT2D eigenvalue weighted by Gasteiger charge is 2.53. The van der Waals surface area contributed by atoms with Gasteiger partial charge in [0.05, 0.1) is 26.2 Å². The number of likely N-dealkylation sites (tertiary alicyclic amines) is 1. The summed E-state index contributed by atoms with van der Waals surface area (Å²) >= 11 is 0. The SMILES string of the molecule is CCOc1ccc(C[NH+](C)CN2C(=O)CC3(CCCC3)C2=O)cc1OC. The Balaban J connectivity index is 1.64. The van der Waals surface area contributed by atoms with Crippen LogP contribution in [-0.2, 0) is 16.1 Å². The lowest BCUT2D eigenvalue weighted by atomic mass is 9.85. The van der Waals surface area contributed by atoms with Crippen molar-refractivity contribution in [2.45, 2.75) is 45.6 Å². The van der Waals surface area contributed by atoms with Crippen LogP contribution in [-0.4, -0.2) is 44.1 Å². The normalized spacial score (nSPS) is 20.0. The number of amides is 2. The molecule has 1 saturated carbocycles. The summed E-state index contributed by atoms with van der Waals surface area (Å²) in [5.74, 6) is 1.46. The maximum absolute atomic E-state index is 12.8. The van der Waals surface area contributed by atoms with Crippen molar-refractivity contribution < 1.29 is 24.0 Å². The van der Waals surface area contributed by atoms with E-state index >= 15 is 0 Å². The molecule has 1 aromatic rings. The summed E-state index contributed by atoms with van der Waals surface area (Å²) in [6, 6.07) is 5.87. The number of rotatable bonds is 7. The second-order valence-electron chi connectivity index (χ2n) is 7.50. The molecule has 2 fully saturated rings. The number of carbonyl (C=O) groups excluding carboxylic acids is 2.